The normalized spacial score (nSPS) is 33.6. The summed E-state index contributed by atoms with van der Waals surface area (Å²) in [6, 6.07) is -0.0116. The van der Waals surface area contributed by atoms with Gasteiger partial charge in [0.25, 0.3) is 0 Å². The second-order valence-corrected chi connectivity index (χ2v) is 2.38. The van der Waals surface area contributed by atoms with Crippen LogP contribution in [0, 0.1) is 5.92 Å². The Morgan fingerprint density at radius 2 is 2.30 bits per heavy atom. The van der Waals surface area contributed by atoms with Gasteiger partial charge in [-0.25, -0.2) is 0 Å². The fourth-order valence-corrected chi connectivity index (χ4v) is 1.22. The molecule has 10 heavy (non-hydrogen) atoms. The van der Waals surface area contributed by atoms with Gasteiger partial charge in [-0.15, -0.1) is 0 Å². The van der Waals surface area contributed by atoms with Crippen molar-refractivity contribution in [3.63, 3.8) is 0 Å². The van der Waals surface area contributed by atoms with E-state index in [1.165, 1.54) is 0 Å². The number of hydrogen-bond acceptors (Lipinski definition) is 3. The van der Waals surface area contributed by atoms with Gasteiger partial charge in [0.2, 0.25) is 5.91 Å². The molecule has 2 atom stereocenters. The van der Waals surface area contributed by atoms with E-state index in [-0.39, 0.29) is 47.4 Å². The van der Waals surface area contributed by atoms with Crippen LogP contribution in [0.5, 0.6) is 0 Å². The first-order valence-electron chi connectivity index (χ1n) is 2.76. The van der Waals surface area contributed by atoms with Gasteiger partial charge in [-0.2, -0.15) is 0 Å². The summed E-state index contributed by atoms with van der Waals surface area (Å²) in [6.07, 6.45) is -0.633. The Morgan fingerprint density at radius 3 is 2.50 bits per heavy atom. The van der Waals surface area contributed by atoms with E-state index in [0.717, 1.165) is 4.90 Å². The zero-order chi connectivity index (χ0) is 6.59. The van der Waals surface area contributed by atoms with Gasteiger partial charge < -0.3 is 9.90 Å². The number of β-lactam (4-membered cyclic amide) rings is 1. The number of imide groups is 1. The van der Waals surface area contributed by atoms with Crippen molar-refractivity contribution >= 4 is 12.0 Å². The summed E-state index contributed by atoms with van der Waals surface area (Å²) < 4.78 is 0. The summed E-state index contributed by atoms with van der Waals surface area (Å²) in [5, 5.41) is 10.0. The minimum Gasteiger partial charge on any atom is -0.530 e. The molecule has 0 aromatic rings. The first-order valence-corrected chi connectivity index (χ1v) is 2.76. The molecule has 2 fully saturated rings. The maximum atomic E-state index is 10.5. The molecule has 5 heteroatoms. The van der Waals surface area contributed by atoms with E-state index in [9.17, 15) is 14.7 Å². The van der Waals surface area contributed by atoms with E-state index in [1.807, 2.05) is 0 Å². The van der Waals surface area contributed by atoms with Gasteiger partial charge in [0.1, 0.15) is 6.09 Å². The van der Waals surface area contributed by atoms with Crippen LogP contribution < -0.4 is 34.7 Å². The summed E-state index contributed by atoms with van der Waals surface area (Å²) in [7, 11) is 0. The quantitative estimate of drug-likeness (QED) is 0.258. The minimum atomic E-state index is -1.35. The number of likely N-dealkylation sites (tertiary alicyclic amines) is 1. The zero-order valence-corrected chi connectivity index (χ0v) is 7.53. The second kappa shape index (κ2) is 2.22. The summed E-state index contributed by atoms with van der Waals surface area (Å²) >= 11 is 0. The maximum Gasteiger partial charge on any atom is 1.00 e. The van der Waals surface area contributed by atoms with Gasteiger partial charge in [0.05, 0.1) is 12.0 Å². The predicted molar refractivity (Wildman–Crippen MR) is 24.1 cm³/mol. The Kier molecular flexibility index (Phi) is 1.78. The Labute approximate surface area is 79.5 Å². The number of amides is 2. The van der Waals surface area contributed by atoms with Crippen molar-refractivity contribution < 1.29 is 44.3 Å². The number of carbonyl (C=O) groups excluding carboxylic acids is 2. The van der Waals surface area contributed by atoms with Crippen molar-refractivity contribution in [3.05, 3.63) is 0 Å². The van der Waals surface area contributed by atoms with E-state index in [0.29, 0.717) is 6.42 Å². The standard InChI is InChI=1S/C5H5NO3.Na/c7-4-2-1-3(2)6(4)5(8)9;/h2-3H,1H2,(H,8,9);/q;+1/p-1. The van der Waals surface area contributed by atoms with Crippen LogP contribution in [-0.2, 0) is 4.79 Å². The third-order valence-corrected chi connectivity index (χ3v) is 1.84. The predicted octanol–water partition coefficient (Wildman–Crippen LogP) is -4.44. The van der Waals surface area contributed by atoms with Crippen LogP contribution in [0.2, 0.25) is 0 Å². The van der Waals surface area contributed by atoms with Crippen molar-refractivity contribution in [2.24, 2.45) is 5.92 Å². The van der Waals surface area contributed by atoms with E-state index in [4.69, 9.17) is 0 Å². The average molecular weight is 149 g/mol. The van der Waals surface area contributed by atoms with Crippen LogP contribution in [0.3, 0.4) is 0 Å². The zero-order valence-electron chi connectivity index (χ0n) is 5.53. The summed E-state index contributed by atoms with van der Waals surface area (Å²) in [5.74, 6) is -0.247. The van der Waals surface area contributed by atoms with Crippen LogP contribution in [0.25, 0.3) is 0 Å². The van der Waals surface area contributed by atoms with Crippen LogP contribution in [0.4, 0.5) is 4.79 Å². The number of carboxylic acid groups (broad SMARTS) is 1. The number of carbonyl (C=O) groups is 2. The molecule has 1 aliphatic carbocycles. The van der Waals surface area contributed by atoms with Crippen molar-refractivity contribution in [1.82, 2.24) is 4.90 Å². The Balaban J connectivity index is 0.000000500. The molecule has 0 radical (unpaired) electrons. The van der Waals surface area contributed by atoms with Gasteiger partial charge in [-0.05, 0) is 6.42 Å². The topological polar surface area (TPSA) is 60.4 Å². The molecule has 2 amide bonds. The molecule has 0 aromatic carbocycles. The molecule has 1 saturated heterocycles. The molecule has 0 aromatic heterocycles. The largest absolute Gasteiger partial charge is 1.00 e. The van der Waals surface area contributed by atoms with Gasteiger partial charge in [0.15, 0.2) is 0 Å². The summed E-state index contributed by atoms with van der Waals surface area (Å²) in [6.45, 7) is 0. The summed E-state index contributed by atoms with van der Waals surface area (Å²) in [4.78, 5) is 21.4. The van der Waals surface area contributed by atoms with Gasteiger partial charge in [0, 0.05) is 0 Å². The molecule has 1 heterocycles. The summed E-state index contributed by atoms with van der Waals surface area (Å²) in [5.41, 5.74) is 0. The number of fused-ring (bicyclic) bond motifs is 1. The van der Waals surface area contributed by atoms with E-state index < -0.39 is 6.09 Å². The smallest absolute Gasteiger partial charge is 0.530 e. The molecule has 0 bridgehead atoms. The van der Waals surface area contributed by atoms with Gasteiger partial charge in [-0.3, -0.25) is 9.69 Å². The first kappa shape index (κ1) is 8.04. The number of nitrogens with zero attached hydrogens (tertiary/aromatic N) is 1. The van der Waals surface area contributed by atoms with Crippen LogP contribution in [0.15, 0.2) is 0 Å². The number of hydrogen-bond donors (Lipinski definition) is 0. The van der Waals surface area contributed by atoms with E-state index in [2.05, 4.69) is 0 Å². The molecular formula is C5H4NNaO3. The molecule has 1 aliphatic heterocycles. The number of rotatable bonds is 0. The monoisotopic (exact) mass is 149 g/mol. The Hall–Kier alpha value is -0.0600. The average Bonchev–Trinajstić information content (AvgIpc) is 2.41. The Morgan fingerprint density at radius 1 is 1.70 bits per heavy atom. The van der Waals surface area contributed by atoms with Crippen molar-refractivity contribution in [3.8, 4) is 0 Å². The third kappa shape index (κ3) is 0.794. The molecule has 2 aliphatic rings. The van der Waals surface area contributed by atoms with Crippen LogP contribution >= 0.6 is 0 Å². The Bertz CT molecular complexity index is 205. The van der Waals surface area contributed by atoms with Crippen LogP contribution in [0.1, 0.15) is 6.42 Å². The SMILES string of the molecule is O=C([O-])N1C(=O)C2CC21.[Na+]. The van der Waals surface area contributed by atoms with E-state index in [1.54, 1.807) is 0 Å². The first-order chi connectivity index (χ1) is 4.22. The van der Waals surface area contributed by atoms with Crippen LogP contribution in [-0.4, -0.2) is 22.9 Å². The fraction of sp³-hybridized carbons (Fsp3) is 0.600. The van der Waals surface area contributed by atoms with Crippen molar-refractivity contribution in [2.45, 2.75) is 12.5 Å². The fourth-order valence-electron chi connectivity index (χ4n) is 1.22. The second-order valence-electron chi connectivity index (χ2n) is 2.38. The van der Waals surface area contributed by atoms with Gasteiger partial charge in [-0.1, -0.05) is 0 Å². The molecule has 48 valence electrons. The van der Waals surface area contributed by atoms with Gasteiger partial charge >= 0.3 is 29.6 Å². The molecule has 0 N–H and O–H groups in total. The van der Waals surface area contributed by atoms with Crippen molar-refractivity contribution in [2.75, 3.05) is 0 Å². The molecule has 2 unspecified atom stereocenters. The molecule has 0 spiro atoms. The van der Waals surface area contributed by atoms with E-state index >= 15 is 0 Å². The minimum absolute atomic E-state index is 0. The molecule has 4 nitrogen and oxygen atoms in total. The molecular weight excluding hydrogens is 145 g/mol. The molecule has 1 saturated carbocycles. The van der Waals surface area contributed by atoms with Crippen molar-refractivity contribution in [1.29, 1.82) is 0 Å². The molecule has 2 rings (SSSR count). The maximum absolute atomic E-state index is 10.5. The third-order valence-electron chi connectivity index (χ3n) is 1.84.